The van der Waals surface area contributed by atoms with E-state index in [9.17, 15) is 4.79 Å². The van der Waals surface area contributed by atoms with Crippen LogP contribution in [0.25, 0.3) is 0 Å². The molecule has 1 saturated heterocycles. The largest absolute Gasteiger partial charge is 0.494 e. The van der Waals surface area contributed by atoms with Crippen molar-refractivity contribution in [3.8, 4) is 5.75 Å². The van der Waals surface area contributed by atoms with Gasteiger partial charge in [-0.15, -0.1) is 24.0 Å². The molecule has 1 aliphatic heterocycles. The summed E-state index contributed by atoms with van der Waals surface area (Å²) in [5.74, 6) is 2.52. The van der Waals surface area contributed by atoms with Gasteiger partial charge in [-0.05, 0) is 49.3 Å². The molecule has 164 valence electrons. The van der Waals surface area contributed by atoms with Gasteiger partial charge in [0.15, 0.2) is 5.96 Å². The molecular weight excluding hydrogens is 479 g/mol. The lowest BCUT2D eigenvalue weighted by Crippen LogP contribution is -2.46. The third-order valence-corrected chi connectivity index (χ3v) is 5.27. The molecule has 1 aromatic carbocycles. The number of carbonyl (C=O) groups is 1. The van der Waals surface area contributed by atoms with Gasteiger partial charge in [0.2, 0.25) is 5.91 Å². The van der Waals surface area contributed by atoms with Crippen molar-refractivity contribution in [3.05, 3.63) is 29.8 Å². The maximum atomic E-state index is 11.5. The number of halogens is 1. The molecule has 1 amide bonds. The van der Waals surface area contributed by atoms with E-state index in [2.05, 4.69) is 51.7 Å². The molecule has 1 aromatic rings. The fourth-order valence-corrected chi connectivity index (χ4v) is 3.45. The number of guanidine groups is 1. The van der Waals surface area contributed by atoms with Crippen LogP contribution >= 0.6 is 24.0 Å². The molecule has 0 saturated carbocycles. The Hall–Kier alpha value is -1.51. The van der Waals surface area contributed by atoms with Gasteiger partial charge >= 0.3 is 0 Å². The number of piperidine rings is 1. The molecular formula is C22H37IN4O2. The summed E-state index contributed by atoms with van der Waals surface area (Å²) in [6.07, 6.45) is 5.89. The van der Waals surface area contributed by atoms with Crippen LogP contribution in [0.2, 0.25) is 0 Å². The average molecular weight is 516 g/mol. The Balaban J connectivity index is 0.00000420. The van der Waals surface area contributed by atoms with Crippen molar-refractivity contribution >= 4 is 35.8 Å². The summed E-state index contributed by atoms with van der Waals surface area (Å²) in [4.78, 5) is 18.3. The molecule has 29 heavy (non-hydrogen) atoms. The van der Waals surface area contributed by atoms with E-state index < -0.39 is 0 Å². The molecule has 0 bridgehead atoms. The fourth-order valence-electron chi connectivity index (χ4n) is 3.45. The minimum Gasteiger partial charge on any atom is -0.494 e. The number of ether oxygens (including phenoxy) is 1. The van der Waals surface area contributed by atoms with Crippen molar-refractivity contribution in [3.63, 3.8) is 0 Å². The number of benzene rings is 1. The minimum atomic E-state index is 0. The first kappa shape index (κ1) is 25.5. The average Bonchev–Trinajstić information content (AvgIpc) is 2.73. The topological polar surface area (TPSA) is 66.0 Å². The van der Waals surface area contributed by atoms with Crippen LogP contribution in [0.1, 0.15) is 44.6 Å². The van der Waals surface area contributed by atoms with Gasteiger partial charge in [0, 0.05) is 40.2 Å². The first-order chi connectivity index (χ1) is 13.7. The zero-order chi connectivity index (χ0) is 20.2. The Morgan fingerprint density at radius 1 is 1.24 bits per heavy atom. The van der Waals surface area contributed by atoms with Gasteiger partial charge in [0.25, 0.3) is 0 Å². The molecule has 0 unspecified atom stereocenters. The van der Waals surface area contributed by atoms with Crippen LogP contribution in [0.3, 0.4) is 0 Å². The summed E-state index contributed by atoms with van der Waals surface area (Å²) in [7, 11) is 3.54. The maximum Gasteiger partial charge on any atom is 0.220 e. The van der Waals surface area contributed by atoms with Gasteiger partial charge in [-0.1, -0.05) is 25.5 Å². The molecule has 1 fully saturated rings. The molecule has 0 aliphatic carbocycles. The number of likely N-dealkylation sites (tertiary alicyclic amines) is 1. The summed E-state index contributed by atoms with van der Waals surface area (Å²) >= 11 is 0. The number of nitrogens with one attached hydrogen (secondary N) is 2. The van der Waals surface area contributed by atoms with Gasteiger partial charge in [0.1, 0.15) is 5.75 Å². The Labute approximate surface area is 192 Å². The van der Waals surface area contributed by atoms with Gasteiger partial charge in [-0.3, -0.25) is 9.79 Å². The van der Waals surface area contributed by atoms with Crippen molar-refractivity contribution in [2.45, 2.75) is 45.4 Å². The fraction of sp³-hybridized carbons (Fsp3) is 0.636. The van der Waals surface area contributed by atoms with Crippen LogP contribution < -0.4 is 15.4 Å². The van der Waals surface area contributed by atoms with Crippen LogP contribution in [-0.4, -0.2) is 57.1 Å². The second kappa shape index (κ2) is 14.5. The van der Waals surface area contributed by atoms with E-state index in [1.165, 1.54) is 5.56 Å². The lowest BCUT2D eigenvalue weighted by atomic mass is 9.93. The van der Waals surface area contributed by atoms with Crippen molar-refractivity contribution in [2.24, 2.45) is 10.9 Å². The van der Waals surface area contributed by atoms with Crippen molar-refractivity contribution in [1.29, 1.82) is 0 Å². The Morgan fingerprint density at radius 3 is 2.52 bits per heavy atom. The van der Waals surface area contributed by atoms with Crippen molar-refractivity contribution in [2.75, 3.05) is 40.3 Å². The van der Waals surface area contributed by atoms with E-state index >= 15 is 0 Å². The molecule has 1 heterocycles. The highest BCUT2D eigenvalue weighted by Gasteiger charge is 2.22. The number of hydrogen-bond donors (Lipinski definition) is 2. The molecule has 0 radical (unpaired) electrons. The van der Waals surface area contributed by atoms with Crippen LogP contribution in [0, 0.1) is 5.92 Å². The summed E-state index contributed by atoms with van der Waals surface area (Å²) in [6, 6.07) is 8.38. The van der Waals surface area contributed by atoms with Gasteiger partial charge < -0.3 is 20.3 Å². The first-order valence-electron chi connectivity index (χ1n) is 10.5. The summed E-state index contributed by atoms with van der Waals surface area (Å²) in [6.45, 7) is 5.70. The van der Waals surface area contributed by atoms with E-state index in [0.717, 1.165) is 70.1 Å². The number of aliphatic imine (C=N–C) groups is 1. The molecule has 1 aliphatic rings. The van der Waals surface area contributed by atoms with Crippen LogP contribution in [0.15, 0.2) is 29.3 Å². The molecule has 0 atom stereocenters. The zero-order valence-corrected chi connectivity index (χ0v) is 20.4. The number of nitrogens with zero attached hydrogens (tertiary/aromatic N) is 2. The molecule has 2 N–H and O–H groups in total. The van der Waals surface area contributed by atoms with Crippen molar-refractivity contribution < 1.29 is 9.53 Å². The van der Waals surface area contributed by atoms with E-state index in [1.807, 2.05) is 7.05 Å². The summed E-state index contributed by atoms with van der Waals surface area (Å²) < 4.78 is 5.71. The SMILES string of the molecule is CCCCOc1ccc(CCNC(=NC)N2CCC(CC(=O)NC)CC2)cc1.I. The van der Waals surface area contributed by atoms with Crippen LogP contribution in [0.5, 0.6) is 5.75 Å². The predicted molar refractivity (Wildman–Crippen MR) is 130 cm³/mol. The van der Waals surface area contributed by atoms with Crippen LogP contribution in [-0.2, 0) is 11.2 Å². The number of unbranched alkanes of at least 4 members (excludes halogenated alkanes) is 1. The standard InChI is InChI=1S/C22H36N4O2.HI/c1-4-5-16-28-20-8-6-18(7-9-20)10-13-25-22(24-3)26-14-11-19(12-15-26)17-21(27)23-2;/h6-9,19H,4-5,10-17H2,1-3H3,(H,23,27)(H,24,25);1H. The van der Waals surface area contributed by atoms with E-state index in [1.54, 1.807) is 7.05 Å². The Morgan fingerprint density at radius 2 is 1.93 bits per heavy atom. The normalized spacial score (nSPS) is 14.9. The Kier molecular flexibility index (Phi) is 12.7. The number of hydrogen-bond acceptors (Lipinski definition) is 3. The zero-order valence-electron chi connectivity index (χ0n) is 18.1. The minimum absolute atomic E-state index is 0. The predicted octanol–water partition coefficient (Wildman–Crippen LogP) is 3.45. The maximum absolute atomic E-state index is 11.5. The monoisotopic (exact) mass is 516 g/mol. The highest BCUT2D eigenvalue weighted by atomic mass is 127. The van der Waals surface area contributed by atoms with Gasteiger partial charge in [-0.2, -0.15) is 0 Å². The summed E-state index contributed by atoms with van der Waals surface area (Å²) in [5.41, 5.74) is 1.29. The van der Waals surface area contributed by atoms with Gasteiger partial charge in [-0.25, -0.2) is 0 Å². The number of carbonyl (C=O) groups excluding carboxylic acids is 1. The number of amides is 1. The summed E-state index contributed by atoms with van der Waals surface area (Å²) in [5, 5.41) is 6.20. The lowest BCUT2D eigenvalue weighted by Gasteiger charge is -2.34. The second-order valence-electron chi connectivity index (χ2n) is 7.38. The highest BCUT2D eigenvalue weighted by Crippen LogP contribution is 2.20. The highest BCUT2D eigenvalue weighted by molar-refractivity contribution is 14.0. The third-order valence-electron chi connectivity index (χ3n) is 5.27. The quantitative estimate of drug-likeness (QED) is 0.229. The third kappa shape index (κ3) is 9.23. The lowest BCUT2D eigenvalue weighted by molar-refractivity contribution is -0.121. The molecule has 6 nitrogen and oxygen atoms in total. The van der Waals surface area contributed by atoms with Crippen molar-refractivity contribution in [1.82, 2.24) is 15.5 Å². The molecule has 0 aromatic heterocycles. The second-order valence-corrected chi connectivity index (χ2v) is 7.38. The molecule has 2 rings (SSSR count). The smallest absolute Gasteiger partial charge is 0.220 e. The first-order valence-corrected chi connectivity index (χ1v) is 10.5. The van der Waals surface area contributed by atoms with E-state index in [0.29, 0.717) is 12.3 Å². The Bertz CT molecular complexity index is 614. The van der Waals surface area contributed by atoms with E-state index in [-0.39, 0.29) is 29.9 Å². The number of rotatable bonds is 9. The van der Waals surface area contributed by atoms with E-state index in [4.69, 9.17) is 4.74 Å². The molecule has 7 heteroatoms. The molecule has 0 spiro atoms. The van der Waals surface area contributed by atoms with Crippen LogP contribution in [0.4, 0.5) is 0 Å². The van der Waals surface area contributed by atoms with Gasteiger partial charge in [0.05, 0.1) is 6.61 Å².